The summed E-state index contributed by atoms with van der Waals surface area (Å²) < 4.78 is 5.11. The molecule has 1 saturated carbocycles. The third-order valence-corrected chi connectivity index (χ3v) is 5.93. The lowest BCUT2D eigenvalue weighted by atomic mass is 10.0. The van der Waals surface area contributed by atoms with Gasteiger partial charge >= 0.3 is 0 Å². The van der Waals surface area contributed by atoms with Crippen molar-refractivity contribution in [2.24, 2.45) is 0 Å². The molecule has 1 aromatic carbocycles. The van der Waals surface area contributed by atoms with Crippen molar-refractivity contribution in [1.29, 1.82) is 0 Å². The van der Waals surface area contributed by atoms with Crippen molar-refractivity contribution in [3.8, 4) is 0 Å². The predicted octanol–water partition coefficient (Wildman–Crippen LogP) is 3.39. The number of ether oxygens (including phenoxy) is 1. The van der Waals surface area contributed by atoms with E-state index in [9.17, 15) is 4.79 Å². The van der Waals surface area contributed by atoms with Gasteiger partial charge in [-0.2, -0.15) is 0 Å². The fraction of sp³-hybridized carbons (Fsp3) is 0.588. The van der Waals surface area contributed by atoms with E-state index in [0.29, 0.717) is 6.04 Å². The Kier molecular flexibility index (Phi) is 4.86. The molecule has 0 radical (unpaired) electrons. The molecule has 0 spiro atoms. The van der Waals surface area contributed by atoms with Crippen LogP contribution in [0, 0.1) is 0 Å². The van der Waals surface area contributed by atoms with Crippen molar-refractivity contribution in [3.05, 3.63) is 30.3 Å². The Balaban J connectivity index is 1.69. The summed E-state index contributed by atoms with van der Waals surface area (Å²) >= 11 is 1.75. The van der Waals surface area contributed by atoms with Crippen LogP contribution < -0.4 is 5.32 Å². The van der Waals surface area contributed by atoms with Crippen molar-refractivity contribution in [2.45, 2.75) is 54.2 Å². The molecule has 1 N–H and O–H groups in total. The number of amides is 1. The van der Waals surface area contributed by atoms with Crippen LogP contribution in [-0.4, -0.2) is 29.9 Å². The van der Waals surface area contributed by atoms with Crippen LogP contribution in [0.3, 0.4) is 0 Å². The molecule has 21 heavy (non-hydrogen) atoms. The summed E-state index contributed by atoms with van der Waals surface area (Å²) in [7, 11) is 0. The maximum absolute atomic E-state index is 12.9. The first kappa shape index (κ1) is 14.9. The van der Waals surface area contributed by atoms with E-state index in [-0.39, 0.29) is 10.7 Å². The van der Waals surface area contributed by atoms with E-state index >= 15 is 0 Å². The van der Waals surface area contributed by atoms with Crippen LogP contribution in [-0.2, 0) is 9.53 Å². The van der Waals surface area contributed by atoms with Crippen LogP contribution in [0.4, 0.5) is 0 Å². The molecular formula is C17H23NO2S. The van der Waals surface area contributed by atoms with Gasteiger partial charge in [-0.1, -0.05) is 31.0 Å². The van der Waals surface area contributed by atoms with Gasteiger partial charge in [-0.15, -0.1) is 11.8 Å². The first-order valence-electron chi connectivity index (χ1n) is 7.91. The summed E-state index contributed by atoms with van der Waals surface area (Å²) in [5, 5.41) is 3.28. The monoisotopic (exact) mass is 305 g/mol. The summed E-state index contributed by atoms with van der Waals surface area (Å²) in [6.45, 7) is 1.54. The molecule has 1 aliphatic heterocycles. The molecular weight excluding hydrogens is 282 g/mol. The molecule has 1 saturated heterocycles. The number of carbonyl (C=O) groups excluding carboxylic acids is 1. The molecule has 114 valence electrons. The van der Waals surface area contributed by atoms with E-state index in [0.717, 1.165) is 51.7 Å². The third-order valence-electron chi connectivity index (χ3n) is 4.44. The minimum absolute atomic E-state index is 0.237. The van der Waals surface area contributed by atoms with Gasteiger partial charge in [0.2, 0.25) is 5.91 Å². The predicted molar refractivity (Wildman–Crippen MR) is 85.5 cm³/mol. The molecule has 0 unspecified atom stereocenters. The molecule has 0 aromatic heterocycles. The molecule has 1 aliphatic carbocycles. The topological polar surface area (TPSA) is 38.3 Å². The van der Waals surface area contributed by atoms with Crippen LogP contribution in [0.15, 0.2) is 35.2 Å². The zero-order valence-corrected chi connectivity index (χ0v) is 13.2. The maximum atomic E-state index is 12.9. The Morgan fingerprint density at radius 2 is 1.81 bits per heavy atom. The van der Waals surface area contributed by atoms with E-state index in [1.807, 2.05) is 18.2 Å². The highest BCUT2D eigenvalue weighted by molar-refractivity contribution is 8.01. The van der Waals surface area contributed by atoms with E-state index < -0.39 is 0 Å². The van der Waals surface area contributed by atoms with Gasteiger partial charge in [0.05, 0.1) is 4.75 Å². The van der Waals surface area contributed by atoms with Gasteiger partial charge in [0.25, 0.3) is 0 Å². The van der Waals surface area contributed by atoms with Crippen LogP contribution in [0.5, 0.6) is 0 Å². The van der Waals surface area contributed by atoms with Crippen molar-refractivity contribution >= 4 is 17.7 Å². The van der Waals surface area contributed by atoms with E-state index in [4.69, 9.17) is 4.74 Å². The van der Waals surface area contributed by atoms with Crippen molar-refractivity contribution < 1.29 is 9.53 Å². The van der Waals surface area contributed by atoms with Crippen LogP contribution in [0.1, 0.15) is 38.5 Å². The second kappa shape index (κ2) is 6.84. The Morgan fingerprint density at radius 1 is 1.14 bits per heavy atom. The van der Waals surface area contributed by atoms with Gasteiger partial charge in [0.15, 0.2) is 0 Å². The smallest absolute Gasteiger partial charge is 0.236 e. The third kappa shape index (κ3) is 3.61. The average molecular weight is 305 g/mol. The molecule has 4 heteroatoms. The molecule has 3 rings (SSSR count). The fourth-order valence-corrected chi connectivity index (χ4v) is 4.58. The second-order valence-corrected chi connectivity index (χ2v) is 7.43. The number of hydrogen-bond acceptors (Lipinski definition) is 3. The first-order valence-corrected chi connectivity index (χ1v) is 8.73. The van der Waals surface area contributed by atoms with Gasteiger partial charge in [-0.3, -0.25) is 4.79 Å². The van der Waals surface area contributed by atoms with Gasteiger partial charge in [-0.05, 0) is 37.8 Å². The highest BCUT2D eigenvalue weighted by Gasteiger charge is 2.42. The van der Waals surface area contributed by atoms with Crippen LogP contribution in [0.25, 0.3) is 0 Å². The summed E-state index contributed by atoms with van der Waals surface area (Å²) in [6.07, 6.45) is 6.17. The number of thioether (sulfide) groups is 1. The normalized spacial score (nSPS) is 22.1. The number of benzene rings is 1. The standard InChI is InChI=1S/C17H23NO2S/c19-16(18-14-8-12-20-13-9-14)17(10-4-5-11-17)21-15-6-2-1-3-7-15/h1-3,6-7,14H,4-5,8-13H2,(H,18,19). The van der Waals surface area contributed by atoms with Crippen molar-refractivity contribution in [2.75, 3.05) is 13.2 Å². The van der Waals surface area contributed by atoms with Crippen molar-refractivity contribution in [3.63, 3.8) is 0 Å². The SMILES string of the molecule is O=C(NC1CCOCC1)C1(Sc2ccccc2)CCCC1. The minimum atomic E-state index is -0.264. The highest BCUT2D eigenvalue weighted by Crippen LogP contribution is 2.45. The molecule has 1 heterocycles. The molecule has 0 bridgehead atoms. The summed E-state index contributed by atoms with van der Waals surface area (Å²) in [5.41, 5.74) is 0. The van der Waals surface area contributed by atoms with Crippen LogP contribution in [0.2, 0.25) is 0 Å². The molecule has 1 aromatic rings. The lowest BCUT2D eigenvalue weighted by molar-refractivity contribution is -0.124. The fourth-order valence-electron chi connectivity index (χ4n) is 3.19. The van der Waals surface area contributed by atoms with Crippen LogP contribution >= 0.6 is 11.8 Å². The molecule has 2 fully saturated rings. The molecule has 1 amide bonds. The van der Waals surface area contributed by atoms with Gasteiger partial charge < -0.3 is 10.1 Å². The Bertz CT molecular complexity index is 465. The zero-order valence-electron chi connectivity index (χ0n) is 12.3. The molecule has 0 atom stereocenters. The van der Waals surface area contributed by atoms with Gasteiger partial charge in [0.1, 0.15) is 0 Å². The second-order valence-electron chi connectivity index (χ2n) is 5.98. The number of rotatable bonds is 4. The lowest BCUT2D eigenvalue weighted by Gasteiger charge is -2.31. The largest absolute Gasteiger partial charge is 0.381 e. The summed E-state index contributed by atoms with van der Waals surface area (Å²) in [6, 6.07) is 10.6. The average Bonchev–Trinajstić information content (AvgIpc) is 2.99. The number of carbonyl (C=O) groups is 1. The Morgan fingerprint density at radius 3 is 2.48 bits per heavy atom. The van der Waals surface area contributed by atoms with E-state index in [1.54, 1.807) is 11.8 Å². The van der Waals surface area contributed by atoms with E-state index in [2.05, 4.69) is 17.4 Å². The Labute approximate surface area is 130 Å². The van der Waals surface area contributed by atoms with Gasteiger partial charge in [0, 0.05) is 24.2 Å². The van der Waals surface area contributed by atoms with E-state index in [1.165, 1.54) is 4.90 Å². The van der Waals surface area contributed by atoms with Gasteiger partial charge in [-0.25, -0.2) is 0 Å². The summed E-state index contributed by atoms with van der Waals surface area (Å²) in [4.78, 5) is 14.1. The minimum Gasteiger partial charge on any atom is -0.381 e. The summed E-state index contributed by atoms with van der Waals surface area (Å²) in [5.74, 6) is 0.237. The van der Waals surface area contributed by atoms with Crippen molar-refractivity contribution in [1.82, 2.24) is 5.32 Å². The first-order chi connectivity index (χ1) is 10.3. The molecule has 3 nitrogen and oxygen atoms in total. The lowest BCUT2D eigenvalue weighted by Crippen LogP contribution is -2.48. The molecule has 2 aliphatic rings. The highest BCUT2D eigenvalue weighted by atomic mass is 32.2. The number of nitrogens with one attached hydrogen (secondary N) is 1. The Hall–Kier alpha value is -1.00. The quantitative estimate of drug-likeness (QED) is 0.926. The zero-order chi connectivity index (χ0) is 14.5. The number of hydrogen-bond donors (Lipinski definition) is 1. The maximum Gasteiger partial charge on any atom is 0.236 e.